The summed E-state index contributed by atoms with van der Waals surface area (Å²) in [6.07, 6.45) is -0.591. The third-order valence-electron chi connectivity index (χ3n) is 2.12. The van der Waals surface area contributed by atoms with E-state index in [1.54, 1.807) is 0 Å². The van der Waals surface area contributed by atoms with Crippen molar-refractivity contribution >= 4 is 23.4 Å². The molecule has 0 aromatic carbocycles. The molecule has 1 amide bonds. The molecule has 0 saturated heterocycles. The number of rotatable bonds is 6. The van der Waals surface area contributed by atoms with Crippen LogP contribution in [0.25, 0.3) is 0 Å². The average Bonchev–Trinajstić information content (AvgIpc) is 2.35. The van der Waals surface area contributed by atoms with E-state index in [1.165, 1.54) is 0 Å². The van der Waals surface area contributed by atoms with Crippen molar-refractivity contribution in [3.8, 4) is 0 Å². The Kier molecular flexibility index (Phi) is 4.32. The fourth-order valence-corrected chi connectivity index (χ4v) is 1.17. The molecule has 0 spiro atoms. The molecule has 0 aliphatic carbocycles. The van der Waals surface area contributed by atoms with Gasteiger partial charge in [-0.15, -0.1) is 0 Å². The van der Waals surface area contributed by atoms with Gasteiger partial charge in [0.1, 0.15) is 6.10 Å². The van der Waals surface area contributed by atoms with E-state index in [2.05, 4.69) is 10.3 Å². The summed E-state index contributed by atoms with van der Waals surface area (Å²) in [5, 5.41) is 30.9. The Morgan fingerprint density at radius 1 is 1.58 bits per heavy atom. The number of aromatic nitrogens is 1. The number of pyridine rings is 1. The van der Waals surface area contributed by atoms with Gasteiger partial charge in [-0.3, -0.25) is 4.79 Å². The summed E-state index contributed by atoms with van der Waals surface area (Å²) in [7, 11) is 0. The fraction of sp³-hybridized carbons (Fsp3) is 0.222. The molecular weight excluding hydrogens is 260 g/mol. The molecule has 0 fully saturated rings. The molecule has 0 aliphatic heterocycles. The van der Waals surface area contributed by atoms with Crippen LogP contribution in [-0.4, -0.2) is 44.6 Å². The maximum absolute atomic E-state index is 10.9. The molecule has 0 saturated carbocycles. The van der Waals surface area contributed by atoms with Gasteiger partial charge in [0.05, 0.1) is 17.3 Å². The van der Waals surface area contributed by atoms with Crippen LogP contribution in [0, 0.1) is 10.1 Å². The maximum atomic E-state index is 10.9. The Hall–Kier alpha value is -2.75. The topological polar surface area (TPSA) is 169 Å². The van der Waals surface area contributed by atoms with Gasteiger partial charge in [0.25, 0.3) is 0 Å². The van der Waals surface area contributed by atoms with Gasteiger partial charge in [0, 0.05) is 6.54 Å². The fourth-order valence-electron chi connectivity index (χ4n) is 1.17. The Balaban J connectivity index is 2.97. The first-order valence-corrected chi connectivity index (χ1v) is 4.92. The van der Waals surface area contributed by atoms with E-state index in [-0.39, 0.29) is 12.2 Å². The zero-order chi connectivity index (χ0) is 14.6. The first-order valence-electron chi connectivity index (χ1n) is 4.92. The number of aliphatic hydroxyl groups is 1. The van der Waals surface area contributed by atoms with E-state index < -0.39 is 34.3 Å². The highest BCUT2D eigenvalue weighted by molar-refractivity contribution is 5.94. The number of carboxylic acids is 1. The molecule has 1 atom stereocenters. The van der Waals surface area contributed by atoms with Crippen molar-refractivity contribution in [3.63, 3.8) is 0 Å². The predicted molar refractivity (Wildman–Crippen MR) is 61.5 cm³/mol. The Labute approximate surface area is 106 Å². The van der Waals surface area contributed by atoms with Crippen molar-refractivity contribution in [1.29, 1.82) is 0 Å². The molecule has 1 aromatic rings. The second kappa shape index (κ2) is 5.73. The predicted octanol–water partition coefficient (Wildman–Crippen LogP) is -1.05. The highest BCUT2D eigenvalue weighted by atomic mass is 16.6. The van der Waals surface area contributed by atoms with Crippen molar-refractivity contribution in [1.82, 2.24) is 4.98 Å². The van der Waals surface area contributed by atoms with Crippen LogP contribution >= 0.6 is 0 Å². The van der Waals surface area contributed by atoms with Crippen LogP contribution in [0.2, 0.25) is 0 Å². The van der Waals surface area contributed by atoms with Crippen molar-refractivity contribution in [2.45, 2.75) is 6.10 Å². The second-order valence-electron chi connectivity index (χ2n) is 3.45. The van der Waals surface area contributed by atoms with Crippen LogP contribution in [0.15, 0.2) is 12.3 Å². The van der Waals surface area contributed by atoms with Crippen molar-refractivity contribution in [2.24, 2.45) is 5.73 Å². The van der Waals surface area contributed by atoms with E-state index in [1.807, 2.05) is 0 Å². The number of carbonyl (C=O) groups excluding carboxylic acids is 1. The Bertz CT molecular complexity index is 531. The van der Waals surface area contributed by atoms with E-state index in [9.17, 15) is 19.7 Å². The van der Waals surface area contributed by atoms with Gasteiger partial charge >= 0.3 is 11.8 Å². The van der Waals surface area contributed by atoms with Gasteiger partial charge in [-0.1, -0.05) is 0 Å². The van der Waals surface area contributed by atoms with Gasteiger partial charge in [0.15, 0.2) is 6.20 Å². The Morgan fingerprint density at radius 3 is 2.68 bits per heavy atom. The third-order valence-corrected chi connectivity index (χ3v) is 2.12. The molecule has 1 rings (SSSR count). The number of nitrogens with two attached hydrogens (primary N) is 1. The first-order chi connectivity index (χ1) is 8.82. The molecular formula is C9H10N4O6. The molecule has 10 nitrogen and oxygen atoms in total. The van der Waals surface area contributed by atoms with Crippen molar-refractivity contribution in [2.75, 3.05) is 11.9 Å². The lowest BCUT2D eigenvalue weighted by molar-refractivity contribution is -0.389. The summed E-state index contributed by atoms with van der Waals surface area (Å²) in [5.41, 5.74) is 4.34. The van der Waals surface area contributed by atoms with Crippen LogP contribution in [0.4, 0.5) is 11.5 Å². The van der Waals surface area contributed by atoms with E-state index in [4.69, 9.17) is 15.9 Å². The second-order valence-corrected chi connectivity index (χ2v) is 3.45. The molecule has 1 unspecified atom stereocenters. The largest absolute Gasteiger partial charge is 0.478 e. The number of nitrogens with one attached hydrogen (secondary N) is 1. The highest BCUT2D eigenvalue weighted by Gasteiger charge is 2.19. The number of carboxylic acid groups (broad SMARTS) is 1. The standard InChI is InChI=1S/C9H10N4O6/c10-8(15)6(14)3-11-5-2-12-7(13(18)19)1-4(5)9(16)17/h1-2,6,11,14H,3H2,(H2,10,15)(H,16,17). The zero-order valence-electron chi connectivity index (χ0n) is 9.44. The molecule has 10 heteroatoms. The average molecular weight is 270 g/mol. The number of hydrogen-bond donors (Lipinski definition) is 4. The molecule has 0 radical (unpaired) electrons. The molecule has 19 heavy (non-hydrogen) atoms. The van der Waals surface area contributed by atoms with E-state index >= 15 is 0 Å². The number of aliphatic hydroxyl groups excluding tert-OH is 1. The minimum absolute atomic E-state index is 0.0709. The third kappa shape index (κ3) is 3.61. The summed E-state index contributed by atoms with van der Waals surface area (Å²) < 4.78 is 0. The summed E-state index contributed by atoms with van der Waals surface area (Å²) >= 11 is 0. The normalized spacial score (nSPS) is 11.6. The lowest BCUT2D eigenvalue weighted by atomic mass is 10.2. The van der Waals surface area contributed by atoms with Gasteiger partial charge in [-0.25, -0.2) is 4.79 Å². The number of carbonyl (C=O) groups is 2. The van der Waals surface area contributed by atoms with Crippen LogP contribution in [0.5, 0.6) is 0 Å². The van der Waals surface area contributed by atoms with Crippen LogP contribution < -0.4 is 11.1 Å². The van der Waals surface area contributed by atoms with Gasteiger partial charge in [0.2, 0.25) is 5.91 Å². The molecule has 102 valence electrons. The van der Waals surface area contributed by atoms with Crippen LogP contribution in [0.3, 0.4) is 0 Å². The van der Waals surface area contributed by atoms with Gasteiger partial charge in [-0.05, 0) is 9.91 Å². The van der Waals surface area contributed by atoms with Gasteiger partial charge in [-0.2, -0.15) is 0 Å². The first kappa shape index (κ1) is 14.3. The molecule has 1 heterocycles. The number of primary amides is 1. The number of hydrogen-bond acceptors (Lipinski definition) is 7. The van der Waals surface area contributed by atoms with E-state index in [0.29, 0.717) is 0 Å². The molecule has 0 aliphatic rings. The van der Waals surface area contributed by atoms with Crippen LogP contribution in [-0.2, 0) is 4.79 Å². The number of nitro groups is 1. The SMILES string of the molecule is NC(=O)C(O)CNc1cnc([N+](=O)[O-])cc1C(=O)O. The number of anilines is 1. The molecule has 0 bridgehead atoms. The van der Waals surface area contributed by atoms with Crippen LogP contribution in [0.1, 0.15) is 10.4 Å². The summed E-state index contributed by atoms with van der Waals surface area (Å²) in [6, 6.07) is 0.765. The zero-order valence-corrected chi connectivity index (χ0v) is 9.44. The summed E-state index contributed by atoms with van der Waals surface area (Å²) in [5.74, 6) is -3.03. The van der Waals surface area contributed by atoms with E-state index in [0.717, 1.165) is 12.3 Å². The number of amides is 1. The lowest BCUT2D eigenvalue weighted by Crippen LogP contribution is -2.34. The van der Waals surface area contributed by atoms with Gasteiger partial charge < -0.3 is 31.4 Å². The quantitative estimate of drug-likeness (QED) is 0.374. The lowest BCUT2D eigenvalue weighted by Gasteiger charge is -2.10. The minimum Gasteiger partial charge on any atom is -0.478 e. The molecule has 5 N–H and O–H groups in total. The summed E-state index contributed by atoms with van der Waals surface area (Å²) in [6.45, 7) is -0.338. The maximum Gasteiger partial charge on any atom is 0.364 e. The Morgan fingerprint density at radius 2 is 2.21 bits per heavy atom. The monoisotopic (exact) mass is 270 g/mol. The van der Waals surface area contributed by atoms with Crippen molar-refractivity contribution < 1.29 is 24.7 Å². The van der Waals surface area contributed by atoms with Crippen molar-refractivity contribution in [3.05, 3.63) is 27.9 Å². The highest BCUT2D eigenvalue weighted by Crippen LogP contribution is 2.19. The minimum atomic E-state index is -1.52. The number of aromatic carboxylic acids is 1. The molecule has 1 aromatic heterocycles. The smallest absolute Gasteiger partial charge is 0.364 e. The number of nitrogens with zero attached hydrogens (tertiary/aromatic N) is 2. The summed E-state index contributed by atoms with van der Waals surface area (Å²) in [4.78, 5) is 34.6.